The number of hydrogen-bond donors (Lipinski definition) is 1. The number of thiazole rings is 1. The number of aryl methyl sites for hydroxylation is 1. The fraction of sp³-hybridized carbons (Fsp3) is 0.241. The van der Waals surface area contributed by atoms with E-state index in [1.807, 2.05) is 48.2 Å². The molecule has 1 fully saturated rings. The van der Waals surface area contributed by atoms with Crippen molar-refractivity contribution in [3.8, 4) is 17.0 Å². The van der Waals surface area contributed by atoms with Crippen molar-refractivity contribution >= 4 is 38.2 Å². The maximum absolute atomic E-state index is 12.9. The van der Waals surface area contributed by atoms with E-state index in [2.05, 4.69) is 51.0 Å². The summed E-state index contributed by atoms with van der Waals surface area (Å²) in [5.41, 5.74) is 6.42. The van der Waals surface area contributed by atoms with E-state index in [4.69, 9.17) is 9.72 Å². The van der Waals surface area contributed by atoms with Crippen molar-refractivity contribution < 1.29 is 9.53 Å². The van der Waals surface area contributed by atoms with Crippen LogP contribution in [0.1, 0.15) is 11.3 Å². The molecule has 2 amide bonds. The zero-order chi connectivity index (χ0) is 25.4. The van der Waals surface area contributed by atoms with Gasteiger partial charge in [-0.3, -0.25) is 9.30 Å². The molecule has 3 heterocycles. The van der Waals surface area contributed by atoms with Gasteiger partial charge in [-0.2, -0.15) is 0 Å². The quantitative estimate of drug-likeness (QED) is 0.320. The molecule has 1 saturated heterocycles. The number of rotatable bonds is 5. The number of methoxy groups -OCH3 is 1. The lowest BCUT2D eigenvalue weighted by atomic mass is 10.1. The summed E-state index contributed by atoms with van der Waals surface area (Å²) in [6, 6.07) is 24.4. The van der Waals surface area contributed by atoms with Crippen LogP contribution in [-0.2, 0) is 6.54 Å². The first-order valence-electron chi connectivity index (χ1n) is 12.5. The summed E-state index contributed by atoms with van der Waals surface area (Å²) in [7, 11) is 1.69. The smallest absolute Gasteiger partial charge is 0.321 e. The number of carbonyl (C=O) groups is 1. The lowest BCUT2D eigenvalue weighted by Gasteiger charge is -2.34. The van der Waals surface area contributed by atoms with Crippen LogP contribution in [0.2, 0.25) is 0 Å². The number of urea groups is 1. The number of carbonyl (C=O) groups excluding carboxylic acids is 1. The molecular formula is C29H29N5O2S. The van der Waals surface area contributed by atoms with Gasteiger partial charge in [0, 0.05) is 44.0 Å². The number of fused-ring (bicyclic) bond motifs is 3. The van der Waals surface area contributed by atoms with Gasteiger partial charge in [-0.15, -0.1) is 0 Å². The molecule has 5 aromatic rings. The van der Waals surface area contributed by atoms with E-state index in [0.717, 1.165) is 63.1 Å². The molecule has 0 unspecified atom stereocenters. The molecule has 0 radical (unpaired) electrons. The zero-order valence-electron chi connectivity index (χ0n) is 21.0. The molecule has 0 aliphatic carbocycles. The highest BCUT2D eigenvalue weighted by Crippen LogP contribution is 2.35. The Morgan fingerprint density at radius 1 is 1.00 bits per heavy atom. The number of amides is 2. The summed E-state index contributed by atoms with van der Waals surface area (Å²) in [5, 5.41) is 3.04. The van der Waals surface area contributed by atoms with E-state index < -0.39 is 0 Å². The minimum atomic E-state index is -0.0419. The van der Waals surface area contributed by atoms with Crippen LogP contribution in [0.4, 0.5) is 10.5 Å². The molecule has 1 aliphatic heterocycles. The van der Waals surface area contributed by atoms with Gasteiger partial charge in [0.05, 0.1) is 28.7 Å². The molecule has 1 N–H and O–H groups in total. The maximum Gasteiger partial charge on any atom is 0.321 e. The molecule has 7 nitrogen and oxygen atoms in total. The van der Waals surface area contributed by atoms with Crippen molar-refractivity contribution in [2.75, 3.05) is 38.6 Å². The number of piperazine rings is 1. The van der Waals surface area contributed by atoms with Crippen molar-refractivity contribution in [3.05, 3.63) is 84.1 Å². The van der Waals surface area contributed by atoms with E-state index in [-0.39, 0.29) is 6.03 Å². The van der Waals surface area contributed by atoms with E-state index in [1.54, 1.807) is 18.4 Å². The largest absolute Gasteiger partial charge is 0.497 e. The predicted octanol–water partition coefficient (Wildman–Crippen LogP) is 5.88. The van der Waals surface area contributed by atoms with Crippen molar-refractivity contribution in [2.45, 2.75) is 13.5 Å². The van der Waals surface area contributed by atoms with Crippen LogP contribution in [-0.4, -0.2) is 58.5 Å². The molecule has 37 heavy (non-hydrogen) atoms. The minimum Gasteiger partial charge on any atom is -0.497 e. The van der Waals surface area contributed by atoms with E-state index in [0.29, 0.717) is 13.1 Å². The Hall–Kier alpha value is -3.88. The number of benzene rings is 3. The van der Waals surface area contributed by atoms with Crippen LogP contribution < -0.4 is 10.1 Å². The summed E-state index contributed by atoms with van der Waals surface area (Å²) in [5.74, 6) is 0.849. The Morgan fingerprint density at radius 2 is 1.81 bits per heavy atom. The molecule has 6 rings (SSSR count). The molecule has 0 spiro atoms. The first kappa shape index (κ1) is 23.5. The predicted molar refractivity (Wildman–Crippen MR) is 150 cm³/mol. The van der Waals surface area contributed by atoms with E-state index >= 15 is 0 Å². The molecule has 0 atom stereocenters. The highest BCUT2D eigenvalue weighted by atomic mass is 32.1. The van der Waals surface area contributed by atoms with Crippen molar-refractivity contribution in [1.29, 1.82) is 0 Å². The van der Waals surface area contributed by atoms with Crippen LogP contribution in [0.25, 0.3) is 26.4 Å². The number of hydrogen-bond acceptors (Lipinski definition) is 5. The van der Waals surface area contributed by atoms with Gasteiger partial charge in [0.2, 0.25) is 0 Å². The third-order valence-corrected chi connectivity index (χ3v) is 7.90. The summed E-state index contributed by atoms with van der Waals surface area (Å²) >= 11 is 1.68. The van der Waals surface area contributed by atoms with Gasteiger partial charge in [-0.05, 0) is 42.8 Å². The molecule has 0 bridgehead atoms. The minimum absolute atomic E-state index is 0.0419. The van der Waals surface area contributed by atoms with Crippen LogP contribution in [0, 0.1) is 6.92 Å². The Morgan fingerprint density at radius 3 is 2.57 bits per heavy atom. The Kier molecular flexibility index (Phi) is 6.28. The number of imidazole rings is 1. The summed E-state index contributed by atoms with van der Waals surface area (Å²) < 4.78 is 8.89. The lowest BCUT2D eigenvalue weighted by molar-refractivity contribution is 0.142. The summed E-state index contributed by atoms with van der Waals surface area (Å²) in [6.45, 7) is 5.76. The molecule has 2 aromatic heterocycles. The fourth-order valence-corrected chi connectivity index (χ4v) is 6.03. The summed E-state index contributed by atoms with van der Waals surface area (Å²) in [6.07, 6.45) is 0. The monoisotopic (exact) mass is 511 g/mol. The first-order chi connectivity index (χ1) is 18.1. The topological polar surface area (TPSA) is 62.1 Å². The molecule has 8 heteroatoms. The highest BCUT2D eigenvalue weighted by Gasteiger charge is 2.25. The van der Waals surface area contributed by atoms with Gasteiger partial charge in [0.1, 0.15) is 5.75 Å². The third kappa shape index (κ3) is 4.65. The Bertz CT molecular complexity index is 1570. The lowest BCUT2D eigenvalue weighted by Crippen LogP contribution is -2.49. The van der Waals surface area contributed by atoms with Crippen molar-refractivity contribution in [1.82, 2.24) is 19.2 Å². The van der Waals surface area contributed by atoms with Gasteiger partial charge >= 0.3 is 6.03 Å². The number of aromatic nitrogens is 2. The average Bonchev–Trinajstić information content (AvgIpc) is 3.45. The van der Waals surface area contributed by atoms with Crippen molar-refractivity contribution in [3.63, 3.8) is 0 Å². The fourth-order valence-electron chi connectivity index (χ4n) is 4.95. The van der Waals surface area contributed by atoms with Crippen LogP contribution >= 0.6 is 11.3 Å². The molecule has 0 saturated carbocycles. The number of nitrogens with zero attached hydrogens (tertiary/aromatic N) is 4. The van der Waals surface area contributed by atoms with Gasteiger partial charge < -0.3 is 15.0 Å². The molecule has 188 valence electrons. The van der Waals surface area contributed by atoms with Crippen LogP contribution in [0.5, 0.6) is 5.75 Å². The second-order valence-electron chi connectivity index (χ2n) is 9.39. The van der Waals surface area contributed by atoms with Crippen LogP contribution in [0.3, 0.4) is 0 Å². The van der Waals surface area contributed by atoms with E-state index in [1.165, 1.54) is 5.69 Å². The number of ether oxygens (including phenoxy) is 1. The third-order valence-electron chi connectivity index (χ3n) is 6.90. The van der Waals surface area contributed by atoms with Gasteiger partial charge in [0.25, 0.3) is 0 Å². The van der Waals surface area contributed by atoms with Gasteiger partial charge in [-0.25, -0.2) is 9.78 Å². The number of nitrogens with one attached hydrogen (secondary N) is 1. The summed E-state index contributed by atoms with van der Waals surface area (Å²) in [4.78, 5) is 23.2. The van der Waals surface area contributed by atoms with Crippen LogP contribution in [0.15, 0.2) is 72.8 Å². The standard InChI is InChI=1S/C29H29N5O2S/c1-20-7-6-10-22(17-20)30-28(35)33-15-13-32(14-16-33)19-25-27(21-8-4-3-5-9-21)31-29-34(25)24-12-11-23(36-2)18-26(24)37-29/h3-12,17-18H,13-16,19H2,1-2H3,(H,30,35). The van der Waals surface area contributed by atoms with Crippen molar-refractivity contribution in [2.24, 2.45) is 0 Å². The van der Waals surface area contributed by atoms with Gasteiger partial charge in [-0.1, -0.05) is 53.8 Å². The zero-order valence-corrected chi connectivity index (χ0v) is 21.8. The molecular weight excluding hydrogens is 482 g/mol. The van der Waals surface area contributed by atoms with Gasteiger partial charge in [0.15, 0.2) is 4.96 Å². The Balaban J connectivity index is 1.25. The second-order valence-corrected chi connectivity index (χ2v) is 10.4. The molecule has 3 aromatic carbocycles. The second kappa shape index (κ2) is 9.88. The Labute approximate surface area is 219 Å². The normalized spacial score (nSPS) is 14.4. The first-order valence-corrected chi connectivity index (χ1v) is 13.3. The van der Waals surface area contributed by atoms with E-state index in [9.17, 15) is 4.79 Å². The maximum atomic E-state index is 12.9. The average molecular weight is 512 g/mol. The molecule has 1 aliphatic rings. The number of anilines is 1. The highest BCUT2D eigenvalue weighted by molar-refractivity contribution is 7.23. The SMILES string of the molecule is COc1ccc2c(c1)sc1nc(-c3ccccc3)c(CN3CCN(C(=O)Nc4cccc(C)c4)CC3)n12.